The lowest BCUT2D eigenvalue weighted by atomic mass is 10.0. The van der Waals surface area contributed by atoms with E-state index < -0.39 is 6.36 Å². The predicted octanol–water partition coefficient (Wildman–Crippen LogP) is 2.56. The van der Waals surface area contributed by atoms with Gasteiger partial charge in [-0.25, -0.2) is 0 Å². The highest BCUT2D eigenvalue weighted by Crippen LogP contribution is 2.24. The van der Waals surface area contributed by atoms with E-state index in [-0.39, 0.29) is 11.8 Å². The van der Waals surface area contributed by atoms with E-state index in [1.165, 1.54) is 12.1 Å². The zero-order valence-electron chi connectivity index (χ0n) is 10.8. The van der Waals surface area contributed by atoms with Crippen LogP contribution in [0.15, 0.2) is 36.7 Å². The lowest BCUT2D eigenvalue weighted by Crippen LogP contribution is -2.17. The first kappa shape index (κ1) is 14.4. The SMILES string of the molecule is Cn1cc(C(N)Cc2ccc(OC(F)(F)F)cc2)cn1. The molecule has 0 aliphatic heterocycles. The lowest BCUT2D eigenvalue weighted by molar-refractivity contribution is -0.274. The van der Waals surface area contributed by atoms with Gasteiger partial charge in [-0.3, -0.25) is 4.68 Å². The number of rotatable bonds is 4. The Hall–Kier alpha value is -2.02. The largest absolute Gasteiger partial charge is 0.573 e. The number of alkyl halides is 3. The molecule has 7 heteroatoms. The summed E-state index contributed by atoms with van der Waals surface area (Å²) in [4.78, 5) is 0. The van der Waals surface area contributed by atoms with Gasteiger partial charge < -0.3 is 10.5 Å². The summed E-state index contributed by atoms with van der Waals surface area (Å²) in [5.41, 5.74) is 7.72. The molecule has 0 bridgehead atoms. The predicted molar refractivity (Wildman–Crippen MR) is 67.0 cm³/mol. The van der Waals surface area contributed by atoms with Gasteiger partial charge in [-0.1, -0.05) is 12.1 Å². The van der Waals surface area contributed by atoms with Crippen molar-refractivity contribution >= 4 is 0 Å². The number of aryl methyl sites for hydroxylation is 1. The van der Waals surface area contributed by atoms with E-state index in [0.717, 1.165) is 11.1 Å². The molecule has 1 unspecified atom stereocenters. The van der Waals surface area contributed by atoms with Gasteiger partial charge in [0.05, 0.1) is 6.20 Å². The number of hydrogen-bond acceptors (Lipinski definition) is 3. The summed E-state index contributed by atoms with van der Waals surface area (Å²) >= 11 is 0. The first-order valence-corrected chi connectivity index (χ1v) is 5.92. The average Bonchev–Trinajstić information content (AvgIpc) is 2.77. The van der Waals surface area contributed by atoms with Gasteiger partial charge in [0, 0.05) is 24.8 Å². The van der Waals surface area contributed by atoms with Crippen LogP contribution in [0.1, 0.15) is 17.2 Å². The molecule has 2 aromatic rings. The van der Waals surface area contributed by atoms with Gasteiger partial charge in [-0.15, -0.1) is 13.2 Å². The molecule has 0 aliphatic rings. The van der Waals surface area contributed by atoms with Crippen LogP contribution < -0.4 is 10.5 Å². The Morgan fingerprint density at radius 3 is 2.45 bits per heavy atom. The standard InChI is InChI=1S/C13H14F3N3O/c1-19-8-10(7-18-19)12(17)6-9-2-4-11(5-3-9)20-13(14,15)16/h2-5,7-8,12H,6,17H2,1H3. The fourth-order valence-electron chi connectivity index (χ4n) is 1.83. The van der Waals surface area contributed by atoms with Crippen molar-refractivity contribution in [1.82, 2.24) is 9.78 Å². The topological polar surface area (TPSA) is 53.1 Å². The van der Waals surface area contributed by atoms with Gasteiger partial charge in [0.2, 0.25) is 0 Å². The van der Waals surface area contributed by atoms with E-state index in [2.05, 4.69) is 9.84 Å². The van der Waals surface area contributed by atoms with Gasteiger partial charge in [0.1, 0.15) is 5.75 Å². The summed E-state index contributed by atoms with van der Waals surface area (Å²) in [5, 5.41) is 4.03. The molecular formula is C13H14F3N3O. The molecule has 1 aromatic carbocycles. The van der Waals surface area contributed by atoms with Crippen LogP contribution in [0.5, 0.6) is 5.75 Å². The first-order chi connectivity index (χ1) is 9.33. The van der Waals surface area contributed by atoms with Gasteiger partial charge >= 0.3 is 6.36 Å². The number of halogens is 3. The molecule has 0 spiro atoms. The number of nitrogens with zero attached hydrogens (tertiary/aromatic N) is 2. The van der Waals surface area contributed by atoms with Crippen LogP contribution in [0.2, 0.25) is 0 Å². The second kappa shape index (κ2) is 5.54. The Kier molecular flexibility index (Phi) is 3.99. The summed E-state index contributed by atoms with van der Waals surface area (Å²) in [5.74, 6) is -0.240. The lowest BCUT2D eigenvalue weighted by Gasteiger charge is -2.11. The van der Waals surface area contributed by atoms with Crippen molar-refractivity contribution in [2.75, 3.05) is 0 Å². The summed E-state index contributed by atoms with van der Waals surface area (Å²) in [7, 11) is 1.79. The van der Waals surface area contributed by atoms with Crippen molar-refractivity contribution in [3.8, 4) is 5.75 Å². The Labute approximate surface area is 114 Å². The van der Waals surface area contributed by atoms with E-state index >= 15 is 0 Å². The molecule has 0 saturated heterocycles. The van der Waals surface area contributed by atoms with Crippen molar-refractivity contribution < 1.29 is 17.9 Å². The van der Waals surface area contributed by atoms with Crippen molar-refractivity contribution in [3.05, 3.63) is 47.8 Å². The first-order valence-electron chi connectivity index (χ1n) is 5.92. The third-order valence-electron chi connectivity index (χ3n) is 2.77. The molecule has 2 N–H and O–H groups in total. The molecule has 2 rings (SSSR count). The van der Waals surface area contributed by atoms with E-state index in [1.54, 1.807) is 30.1 Å². The van der Waals surface area contributed by atoms with Crippen LogP contribution in [-0.2, 0) is 13.5 Å². The van der Waals surface area contributed by atoms with Crippen LogP contribution in [0.25, 0.3) is 0 Å². The number of hydrogen-bond donors (Lipinski definition) is 1. The minimum Gasteiger partial charge on any atom is -0.406 e. The molecule has 0 aliphatic carbocycles. The molecule has 0 amide bonds. The van der Waals surface area contributed by atoms with E-state index in [1.807, 2.05) is 6.20 Å². The molecule has 0 fully saturated rings. The maximum Gasteiger partial charge on any atom is 0.573 e. The molecule has 0 saturated carbocycles. The van der Waals surface area contributed by atoms with E-state index in [4.69, 9.17) is 5.73 Å². The van der Waals surface area contributed by atoms with Crippen molar-refractivity contribution in [2.24, 2.45) is 12.8 Å². The van der Waals surface area contributed by atoms with Crippen molar-refractivity contribution in [2.45, 2.75) is 18.8 Å². The average molecular weight is 285 g/mol. The molecule has 20 heavy (non-hydrogen) atoms. The maximum atomic E-state index is 12.0. The molecule has 1 atom stereocenters. The minimum atomic E-state index is -4.67. The van der Waals surface area contributed by atoms with E-state index in [9.17, 15) is 13.2 Å². The van der Waals surface area contributed by atoms with E-state index in [0.29, 0.717) is 6.42 Å². The number of aromatic nitrogens is 2. The maximum absolute atomic E-state index is 12.0. The number of nitrogens with two attached hydrogens (primary N) is 1. The van der Waals surface area contributed by atoms with Crippen LogP contribution in [0.4, 0.5) is 13.2 Å². The summed E-state index contributed by atoms with van der Waals surface area (Å²) in [6.45, 7) is 0. The quantitative estimate of drug-likeness (QED) is 0.939. The molecule has 1 heterocycles. The molecule has 4 nitrogen and oxygen atoms in total. The molecule has 1 aromatic heterocycles. The third-order valence-corrected chi connectivity index (χ3v) is 2.77. The summed E-state index contributed by atoms with van der Waals surface area (Å²) in [6.07, 6.45) is -0.677. The highest BCUT2D eigenvalue weighted by Gasteiger charge is 2.30. The van der Waals surface area contributed by atoms with Crippen LogP contribution in [-0.4, -0.2) is 16.1 Å². The number of ether oxygens (including phenoxy) is 1. The fourth-order valence-corrected chi connectivity index (χ4v) is 1.83. The van der Waals surface area contributed by atoms with Crippen molar-refractivity contribution in [1.29, 1.82) is 0 Å². The van der Waals surface area contributed by atoms with Gasteiger partial charge in [0.25, 0.3) is 0 Å². The Bertz CT molecular complexity index is 563. The Morgan fingerprint density at radius 2 is 1.95 bits per heavy atom. The minimum absolute atomic E-state index is 0.240. The van der Waals surface area contributed by atoms with Crippen LogP contribution in [0, 0.1) is 0 Å². The Morgan fingerprint density at radius 1 is 1.30 bits per heavy atom. The molecule has 108 valence electrons. The Balaban J connectivity index is 2.00. The number of benzene rings is 1. The van der Waals surface area contributed by atoms with Gasteiger partial charge in [0.15, 0.2) is 0 Å². The second-order valence-corrected chi connectivity index (χ2v) is 4.45. The molecular weight excluding hydrogens is 271 g/mol. The van der Waals surface area contributed by atoms with Gasteiger partial charge in [-0.2, -0.15) is 5.10 Å². The normalized spacial score (nSPS) is 13.2. The highest BCUT2D eigenvalue weighted by molar-refractivity contribution is 5.28. The highest BCUT2D eigenvalue weighted by atomic mass is 19.4. The summed E-state index contributed by atoms with van der Waals surface area (Å²) in [6, 6.07) is 5.43. The second-order valence-electron chi connectivity index (χ2n) is 4.45. The van der Waals surface area contributed by atoms with Crippen molar-refractivity contribution in [3.63, 3.8) is 0 Å². The van der Waals surface area contributed by atoms with Crippen LogP contribution >= 0.6 is 0 Å². The van der Waals surface area contributed by atoms with Crippen LogP contribution in [0.3, 0.4) is 0 Å². The summed E-state index contributed by atoms with van der Waals surface area (Å²) < 4.78 is 41.5. The fraction of sp³-hybridized carbons (Fsp3) is 0.308. The zero-order valence-corrected chi connectivity index (χ0v) is 10.8. The van der Waals surface area contributed by atoms with Gasteiger partial charge in [-0.05, 0) is 24.1 Å². The third kappa shape index (κ3) is 3.99. The molecule has 0 radical (unpaired) electrons. The zero-order chi connectivity index (χ0) is 14.8. The smallest absolute Gasteiger partial charge is 0.406 e. The monoisotopic (exact) mass is 285 g/mol.